The third-order valence-corrected chi connectivity index (χ3v) is 4.63. The Labute approximate surface area is 111 Å². The third-order valence-electron chi connectivity index (χ3n) is 3.63. The maximum atomic E-state index is 5.73. The molecule has 1 atom stereocenters. The van der Waals surface area contributed by atoms with Crippen LogP contribution in [0.15, 0.2) is 29.8 Å². The number of thiophene rings is 1. The molecule has 18 heavy (non-hydrogen) atoms. The summed E-state index contributed by atoms with van der Waals surface area (Å²) in [7, 11) is 0. The number of rotatable bonds is 2. The van der Waals surface area contributed by atoms with E-state index in [4.69, 9.17) is 5.73 Å². The molecule has 0 saturated heterocycles. The molecular weight excluding hydrogens is 242 g/mol. The Bertz CT molecular complexity index is 549. The van der Waals surface area contributed by atoms with Crippen LogP contribution < -0.4 is 5.73 Å². The molecule has 1 aliphatic heterocycles. The van der Waals surface area contributed by atoms with E-state index in [9.17, 15) is 0 Å². The molecule has 2 N–H and O–H groups in total. The van der Waals surface area contributed by atoms with Crippen LogP contribution in [0.5, 0.6) is 0 Å². The fraction of sp³-hybridized carbons (Fsp3) is 0.357. The second-order valence-corrected chi connectivity index (χ2v) is 5.79. The van der Waals surface area contributed by atoms with Crippen molar-refractivity contribution in [3.63, 3.8) is 0 Å². The monoisotopic (exact) mass is 259 g/mol. The third kappa shape index (κ3) is 2.13. The van der Waals surface area contributed by atoms with Gasteiger partial charge in [0.1, 0.15) is 5.82 Å². The first kappa shape index (κ1) is 11.7. The predicted octanol–water partition coefficient (Wildman–Crippen LogP) is 2.84. The predicted molar refractivity (Wildman–Crippen MR) is 75.5 cm³/mol. The second kappa shape index (κ2) is 4.71. The summed E-state index contributed by atoms with van der Waals surface area (Å²) < 4.78 is 0. The zero-order valence-electron chi connectivity index (χ0n) is 10.5. The smallest absolute Gasteiger partial charge is 0.123 e. The first-order valence-electron chi connectivity index (χ1n) is 6.25. The van der Waals surface area contributed by atoms with Crippen LogP contribution in [0.25, 0.3) is 0 Å². The van der Waals surface area contributed by atoms with E-state index in [1.165, 1.54) is 11.1 Å². The quantitative estimate of drug-likeness (QED) is 0.901. The molecule has 0 saturated carbocycles. The van der Waals surface area contributed by atoms with Gasteiger partial charge in [0.15, 0.2) is 0 Å². The van der Waals surface area contributed by atoms with E-state index in [-0.39, 0.29) is 0 Å². The van der Waals surface area contributed by atoms with Gasteiger partial charge in [0, 0.05) is 30.2 Å². The molecule has 4 heteroatoms. The van der Waals surface area contributed by atoms with Crippen LogP contribution in [-0.2, 0) is 13.0 Å². The highest BCUT2D eigenvalue weighted by Gasteiger charge is 2.24. The van der Waals surface area contributed by atoms with Gasteiger partial charge in [-0.15, -0.1) is 11.3 Å². The Balaban J connectivity index is 1.79. The van der Waals surface area contributed by atoms with Crippen LogP contribution in [0, 0.1) is 0 Å². The molecule has 0 radical (unpaired) electrons. The Morgan fingerprint density at radius 3 is 3.22 bits per heavy atom. The highest BCUT2D eigenvalue weighted by atomic mass is 32.1. The highest BCUT2D eigenvalue weighted by Crippen LogP contribution is 2.33. The number of hydrogen-bond donors (Lipinski definition) is 1. The Kier molecular flexibility index (Phi) is 3.06. The van der Waals surface area contributed by atoms with E-state index in [0.717, 1.165) is 19.5 Å². The molecule has 3 nitrogen and oxygen atoms in total. The average Bonchev–Trinajstić information content (AvgIpc) is 2.82. The second-order valence-electron chi connectivity index (χ2n) is 4.78. The molecular formula is C14H17N3S. The van der Waals surface area contributed by atoms with Gasteiger partial charge in [0.25, 0.3) is 0 Å². The summed E-state index contributed by atoms with van der Waals surface area (Å²) in [5, 5.41) is 2.20. The van der Waals surface area contributed by atoms with Crippen molar-refractivity contribution < 1.29 is 0 Å². The van der Waals surface area contributed by atoms with Gasteiger partial charge in [-0.3, -0.25) is 4.90 Å². The number of nitrogens with two attached hydrogens (primary N) is 1. The Hall–Kier alpha value is -1.39. The van der Waals surface area contributed by atoms with Crippen LogP contribution in [0.3, 0.4) is 0 Å². The van der Waals surface area contributed by atoms with Gasteiger partial charge in [-0.1, -0.05) is 0 Å². The lowest BCUT2D eigenvalue weighted by molar-refractivity contribution is 0.191. The van der Waals surface area contributed by atoms with Crippen molar-refractivity contribution in [1.82, 2.24) is 9.88 Å². The molecule has 3 heterocycles. The van der Waals surface area contributed by atoms with E-state index in [0.29, 0.717) is 11.9 Å². The van der Waals surface area contributed by atoms with E-state index < -0.39 is 0 Å². The van der Waals surface area contributed by atoms with Crippen molar-refractivity contribution in [3.8, 4) is 0 Å². The summed E-state index contributed by atoms with van der Waals surface area (Å²) in [6, 6.07) is 6.77. The molecule has 1 unspecified atom stereocenters. The molecule has 3 rings (SSSR count). The summed E-state index contributed by atoms with van der Waals surface area (Å²) in [5.74, 6) is 0.605. The van der Waals surface area contributed by atoms with E-state index in [1.54, 1.807) is 11.1 Å². The van der Waals surface area contributed by atoms with Gasteiger partial charge in [-0.2, -0.15) is 0 Å². The van der Waals surface area contributed by atoms with Crippen LogP contribution >= 0.6 is 11.3 Å². The van der Waals surface area contributed by atoms with E-state index in [2.05, 4.69) is 28.3 Å². The summed E-state index contributed by atoms with van der Waals surface area (Å²) in [6.07, 6.45) is 2.95. The van der Waals surface area contributed by atoms with Crippen LogP contribution in [0.2, 0.25) is 0 Å². The number of anilines is 1. The molecule has 0 amide bonds. The molecule has 0 aliphatic carbocycles. The summed E-state index contributed by atoms with van der Waals surface area (Å²) in [4.78, 5) is 8.09. The van der Waals surface area contributed by atoms with Gasteiger partial charge >= 0.3 is 0 Å². The van der Waals surface area contributed by atoms with Crippen LogP contribution in [0.1, 0.15) is 29.0 Å². The van der Waals surface area contributed by atoms with Crippen molar-refractivity contribution in [3.05, 3.63) is 45.8 Å². The van der Waals surface area contributed by atoms with Gasteiger partial charge in [0.2, 0.25) is 0 Å². The lowest BCUT2D eigenvalue weighted by Gasteiger charge is -2.33. The molecule has 0 spiro atoms. The maximum Gasteiger partial charge on any atom is 0.123 e. The number of pyridine rings is 1. The van der Waals surface area contributed by atoms with Crippen LogP contribution in [-0.4, -0.2) is 16.4 Å². The lowest BCUT2D eigenvalue weighted by Crippen LogP contribution is -2.32. The number of aromatic nitrogens is 1. The van der Waals surface area contributed by atoms with Crippen LogP contribution in [0.4, 0.5) is 5.82 Å². The molecule has 2 aromatic rings. The standard InChI is InChI=1S/C14H17N3S/c1-10-12-4-7-18-13(12)3-6-17(10)9-11-2-5-16-14(15)8-11/h2,4-5,7-8,10H,3,6,9H2,1H3,(H2,15,16). The van der Waals surface area contributed by atoms with E-state index >= 15 is 0 Å². The number of hydrogen-bond acceptors (Lipinski definition) is 4. The summed E-state index contributed by atoms with van der Waals surface area (Å²) in [5.41, 5.74) is 8.47. The van der Waals surface area contributed by atoms with Crippen molar-refractivity contribution in [2.24, 2.45) is 0 Å². The molecule has 1 aliphatic rings. The minimum atomic E-state index is 0.495. The first-order chi connectivity index (χ1) is 8.74. The SMILES string of the molecule is CC1c2ccsc2CCN1Cc1ccnc(N)c1. The minimum absolute atomic E-state index is 0.495. The first-order valence-corrected chi connectivity index (χ1v) is 7.13. The molecule has 0 aromatic carbocycles. The summed E-state index contributed by atoms with van der Waals surface area (Å²) >= 11 is 1.88. The Morgan fingerprint density at radius 1 is 1.50 bits per heavy atom. The van der Waals surface area contributed by atoms with Crippen molar-refractivity contribution in [2.75, 3.05) is 12.3 Å². The van der Waals surface area contributed by atoms with Gasteiger partial charge in [0.05, 0.1) is 0 Å². The Morgan fingerprint density at radius 2 is 2.39 bits per heavy atom. The van der Waals surface area contributed by atoms with Gasteiger partial charge < -0.3 is 5.73 Å². The maximum absolute atomic E-state index is 5.73. The number of nitrogens with zero attached hydrogens (tertiary/aromatic N) is 2. The summed E-state index contributed by atoms with van der Waals surface area (Å²) in [6.45, 7) is 4.36. The molecule has 0 fully saturated rings. The highest BCUT2D eigenvalue weighted by molar-refractivity contribution is 7.10. The van der Waals surface area contributed by atoms with Gasteiger partial charge in [-0.05, 0) is 48.1 Å². The molecule has 0 bridgehead atoms. The topological polar surface area (TPSA) is 42.2 Å². The zero-order valence-corrected chi connectivity index (χ0v) is 11.3. The van der Waals surface area contributed by atoms with Gasteiger partial charge in [-0.25, -0.2) is 4.98 Å². The number of fused-ring (bicyclic) bond motifs is 1. The fourth-order valence-electron chi connectivity index (χ4n) is 2.60. The van der Waals surface area contributed by atoms with Crippen molar-refractivity contribution in [1.29, 1.82) is 0 Å². The normalized spacial score (nSPS) is 19.7. The fourth-order valence-corrected chi connectivity index (χ4v) is 3.57. The van der Waals surface area contributed by atoms with Crippen molar-refractivity contribution in [2.45, 2.75) is 25.9 Å². The minimum Gasteiger partial charge on any atom is -0.384 e. The molecule has 2 aromatic heterocycles. The molecule has 94 valence electrons. The largest absolute Gasteiger partial charge is 0.384 e. The number of nitrogen functional groups attached to an aromatic ring is 1. The lowest BCUT2D eigenvalue weighted by atomic mass is 10.0. The zero-order chi connectivity index (χ0) is 12.5. The average molecular weight is 259 g/mol. The van der Waals surface area contributed by atoms with Crippen molar-refractivity contribution >= 4 is 17.2 Å². The van der Waals surface area contributed by atoms with E-state index in [1.807, 2.05) is 23.5 Å².